The van der Waals surface area contributed by atoms with Gasteiger partial charge in [0, 0.05) is 36.2 Å². The minimum absolute atomic E-state index is 0.103. The topological polar surface area (TPSA) is 250 Å². The van der Waals surface area contributed by atoms with E-state index in [1.165, 1.54) is 20.2 Å². The minimum Gasteiger partial charge on any atom is -0.492 e. The van der Waals surface area contributed by atoms with Crippen molar-refractivity contribution in [2.75, 3.05) is 26.4 Å². The first-order valence-electron chi connectivity index (χ1n) is 27.5. The number of ether oxygens (including phenoxy) is 4. The number of carbonyl (C=O) groups excluding carboxylic acids is 3. The number of oxime groups is 4. The molecule has 7 aromatic rings. The van der Waals surface area contributed by atoms with Crippen LogP contribution in [0.2, 0.25) is 0 Å². The van der Waals surface area contributed by atoms with Gasteiger partial charge in [-0.3, -0.25) is 0 Å². The van der Waals surface area contributed by atoms with Crippen molar-refractivity contribution in [1.82, 2.24) is 10.2 Å². The van der Waals surface area contributed by atoms with Crippen molar-refractivity contribution >= 4 is 114 Å². The van der Waals surface area contributed by atoms with Gasteiger partial charge in [0.1, 0.15) is 68.7 Å². The number of aryl methyl sites for hydroxylation is 8. The number of hydrogen-bond donors (Lipinski definition) is 0. The number of thiophene rings is 6. The average Bonchev–Trinajstić information content (AvgIpc) is 3.41. The van der Waals surface area contributed by atoms with Crippen LogP contribution in [-0.2, 0) is 39.9 Å². The molecule has 0 aliphatic carbocycles. The molecule has 30 heteroatoms. The molecule has 5 aliphatic heterocycles. The van der Waals surface area contributed by atoms with Crippen LogP contribution in [0, 0.1) is 55.4 Å². The van der Waals surface area contributed by atoms with Crippen molar-refractivity contribution < 1.29 is 70.3 Å². The van der Waals surface area contributed by atoms with Gasteiger partial charge in [-0.15, -0.1) is 83.3 Å². The first kappa shape index (κ1) is 68.7. The summed E-state index contributed by atoms with van der Waals surface area (Å²) >= 11 is 9.13. The van der Waals surface area contributed by atoms with Crippen LogP contribution in [0.1, 0.15) is 131 Å². The van der Waals surface area contributed by atoms with Gasteiger partial charge in [0.2, 0.25) is 5.89 Å². The molecule has 0 fully saturated rings. The van der Waals surface area contributed by atoms with Crippen LogP contribution in [-0.4, -0.2) is 89.1 Å². The molecule has 0 bridgehead atoms. The van der Waals surface area contributed by atoms with E-state index in [0.717, 1.165) is 86.0 Å². The van der Waals surface area contributed by atoms with Crippen molar-refractivity contribution in [3.05, 3.63) is 119 Å². The Kier molecular flexibility index (Phi) is 24.4. The Morgan fingerprint density at radius 1 is 0.517 bits per heavy atom. The van der Waals surface area contributed by atoms with Gasteiger partial charge in [-0.2, -0.15) is 18.3 Å². The van der Waals surface area contributed by atoms with E-state index in [1.807, 2.05) is 93.5 Å². The van der Waals surface area contributed by atoms with Crippen molar-refractivity contribution in [2.24, 2.45) is 36.1 Å². The van der Waals surface area contributed by atoms with E-state index in [4.69, 9.17) is 28.2 Å². The smallest absolute Gasteiger partial charge is 0.417 e. The van der Waals surface area contributed by atoms with Crippen molar-refractivity contribution in [1.29, 1.82) is 0 Å². The largest absolute Gasteiger partial charge is 0.492 e. The quantitative estimate of drug-likeness (QED) is 0.0919. The Bertz CT molecular complexity index is 3870. The number of carbonyl (C=O) groups is 3. The summed E-state index contributed by atoms with van der Waals surface area (Å²) in [7, 11) is 0. The highest BCUT2D eigenvalue weighted by molar-refractivity contribution is 7.16. The second-order valence-corrected chi connectivity index (χ2v) is 27.1. The molecule has 0 aromatic carbocycles. The summed E-state index contributed by atoms with van der Waals surface area (Å²) in [6.45, 7) is 31.3. The highest BCUT2D eigenvalue weighted by Crippen LogP contribution is 2.40. The highest BCUT2D eigenvalue weighted by Gasteiger charge is 2.37. The second-order valence-electron chi connectivity index (χ2n) is 19.6. The molecule has 89 heavy (non-hydrogen) atoms. The van der Waals surface area contributed by atoms with E-state index >= 15 is 0 Å². The summed E-state index contributed by atoms with van der Waals surface area (Å²) in [6.07, 6.45) is -3.24. The maximum Gasteiger partial charge on any atom is 0.417 e. The van der Waals surface area contributed by atoms with Gasteiger partial charge in [0.15, 0.2) is 0 Å². The Morgan fingerprint density at radius 3 is 1.31 bits per heavy atom. The minimum atomic E-state index is -4.35. The van der Waals surface area contributed by atoms with E-state index in [1.54, 1.807) is 70.5 Å². The Balaban J connectivity index is 0.000000152. The maximum atomic E-state index is 12.7. The third-order valence-electron chi connectivity index (χ3n) is 11.6. The molecule has 0 amide bonds. The number of halogens is 3. The van der Waals surface area contributed by atoms with Gasteiger partial charge < -0.3 is 42.7 Å². The molecule has 474 valence electrons. The molecule has 0 atom stereocenters. The SMILES string of the molecule is C=C1CC(c2sc(C)cc2C(F)(F)F)=NO1.CCOc1cc(C)sc1-c1nnc(C)o1.CCOc1cc(C)sc1C1=NN=NC1.CCOc1cc(C)sc1C1=NOC(=O)C1.Cc1cc(C)c(C2=NOC(=O)C2)s1.Cc1cc(OC(C)C)c(C2=NOC(=O)C2)s1. The lowest BCUT2D eigenvalue weighted by Crippen LogP contribution is -2.09. The summed E-state index contributed by atoms with van der Waals surface area (Å²) < 4.78 is 65.6. The summed E-state index contributed by atoms with van der Waals surface area (Å²) in [4.78, 5) is 62.6. The van der Waals surface area contributed by atoms with Crippen molar-refractivity contribution in [3.63, 3.8) is 0 Å². The summed E-state index contributed by atoms with van der Waals surface area (Å²) in [6, 6.07) is 11.2. The number of aromatic nitrogens is 2. The molecular weight excluding hydrogens is 1280 g/mol. The van der Waals surface area contributed by atoms with Gasteiger partial charge in [0.05, 0.1) is 81.6 Å². The Hall–Kier alpha value is -7.77. The van der Waals surface area contributed by atoms with E-state index in [0.29, 0.717) is 72.3 Å². The zero-order chi connectivity index (χ0) is 64.7. The lowest BCUT2D eigenvalue weighted by molar-refractivity contribution is -0.140. The molecule has 0 N–H and O–H groups in total. The monoisotopic (exact) mass is 1340 g/mol. The van der Waals surface area contributed by atoms with Crippen molar-refractivity contribution in [3.8, 4) is 33.8 Å². The number of alkyl halides is 3. The number of nitrogens with zero attached hydrogens (tertiary/aromatic N) is 9. The molecular formula is C59H64F3N9O12S6. The molecule has 0 spiro atoms. The Labute approximate surface area is 535 Å². The fraction of sp³-hybridized carbons (Fsp3) is 0.390. The van der Waals surface area contributed by atoms with Crippen LogP contribution in [0.3, 0.4) is 0 Å². The number of allylic oxidation sites excluding steroid dienone is 1. The fourth-order valence-electron chi connectivity index (χ4n) is 8.21. The van der Waals surface area contributed by atoms with Crippen LogP contribution in [0.15, 0.2) is 89.2 Å². The summed E-state index contributed by atoms with van der Waals surface area (Å²) in [5.74, 6) is 3.90. The van der Waals surface area contributed by atoms with E-state index in [2.05, 4.69) is 80.3 Å². The zero-order valence-corrected chi connectivity index (χ0v) is 55.8. The third-order valence-corrected chi connectivity index (χ3v) is 18.1. The first-order valence-corrected chi connectivity index (χ1v) is 32.4. The van der Waals surface area contributed by atoms with E-state index in [9.17, 15) is 27.6 Å². The molecule has 5 aliphatic rings. The van der Waals surface area contributed by atoms with Gasteiger partial charge in [-0.25, -0.2) is 14.4 Å². The van der Waals surface area contributed by atoms with Gasteiger partial charge >= 0.3 is 24.1 Å². The molecule has 7 aromatic heterocycles. The summed E-state index contributed by atoms with van der Waals surface area (Å²) in [5.41, 5.74) is 3.83. The van der Waals surface area contributed by atoms with Crippen LogP contribution in [0.5, 0.6) is 23.0 Å². The Morgan fingerprint density at radius 2 is 0.921 bits per heavy atom. The maximum absolute atomic E-state index is 12.7. The molecule has 12 heterocycles. The van der Waals surface area contributed by atoms with E-state index in [-0.39, 0.29) is 48.2 Å². The number of hydrogen-bond acceptors (Lipinski definition) is 27. The zero-order valence-electron chi connectivity index (χ0n) is 50.9. The highest BCUT2D eigenvalue weighted by atomic mass is 32.1. The molecule has 0 saturated heterocycles. The predicted molar refractivity (Wildman–Crippen MR) is 341 cm³/mol. The van der Waals surface area contributed by atoms with E-state index < -0.39 is 11.7 Å². The first-order chi connectivity index (χ1) is 42.3. The number of rotatable bonds is 14. The molecule has 12 rings (SSSR count). The second kappa shape index (κ2) is 31.6. The van der Waals surface area contributed by atoms with Crippen molar-refractivity contribution in [2.45, 2.75) is 128 Å². The standard InChI is InChI=1S/C11H13NO3S.C10H8F3NOS.C10H12N2O2S.C10H11NO3S.C9H11N3OS.C9H9NO2S/c1-6(2)14-9-4-7(3)16-11(9)8-5-10(13)15-12-8;1-5-3-8(14-15-5)9-7(10(11,12)13)4-6(2)16-9;1-4-13-8-5-6(2)15-9(8)10-12-11-7(3)14-10;1-3-13-8-4-6(2)15-10(8)7-5-9(12)14-11-7;1-3-13-8-4-6(2)14-9(8)7-5-10-12-11-7;1-5-3-6(2)13-9(5)7-4-8(11)12-10-7/h4,6H,5H2,1-3H3;4H,1,3H2,2H3;5H,4H2,1-3H3;4H,3,5H2,1-2H3;4H,3,5H2,1-2H3;3H,4H2,1-2H3. The van der Waals surface area contributed by atoms with Crippen LogP contribution >= 0.6 is 68.0 Å². The van der Waals surface area contributed by atoms with Crippen LogP contribution in [0.25, 0.3) is 10.8 Å². The normalized spacial score (nSPS) is 14.6. The molecule has 21 nitrogen and oxygen atoms in total. The lowest BCUT2D eigenvalue weighted by Gasteiger charge is -2.09. The van der Waals surface area contributed by atoms with Crippen LogP contribution < -0.4 is 18.9 Å². The lowest BCUT2D eigenvalue weighted by atomic mass is 10.1. The van der Waals surface area contributed by atoms with Crippen LogP contribution in [0.4, 0.5) is 13.2 Å². The molecule has 0 radical (unpaired) electrons. The predicted octanol–water partition coefficient (Wildman–Crippen LogP) is 15.8. The van der Waals surface area contributed by atoms with Gasteiger partial charge in [0.25, 0.3) is 5.89 Å². The van der Waals surface area contributed by atoms with Gasteiger partial charge in [-0.1, -0.05) is 27.2 Å². The molecule has 0 unspecified atom stereocenters. The third kappa shape index (κ3) is 19.4. The average molecular weight is 1340 g/mol. The fourth-order valence-corrected chi connectivity index (χ4v) is 13.9. The molecule has 0 saturated carbocycles. The van der Waals surface area contributed by atoms with Gasteiger partial charge in [-0.05, 0) is 130 Å². The summed E-state index contributed by atoms with van der Waals surface area (Å²) in [5, 5.41) is 34.0.